The standard InChI is InChI=1S/C7H7.C5H5.3CO.W/c1-7-5-3-2-4-6-7;1-2-4-5-3-1;3*1-2;/h3-6H,1H3;1-5H;;;;/q2*-1;;;;. The van der Waals surface area contributed by atoms with Gasteiger partial charge in [-0.05, 0) is 0 Å². The summed E-state index contributed by atoms with van der Waals surface area (Å²) in [5, 5.41) is 0. The largest absolute Gasteiger partial charge is 0.214 e. The molecule has 3 nitrogen and oxygen atoms in total. The molecule has 2 aromatic rings. The predicted octanol–water partition coefficient (Wildman–Crippen LogP) is 3.09. The number of hydrogen-bond acceptors (Lipinski definition) is 0. The summed E-state index contributed by atoms with van der Waals surface area (Å²) in [6.45, 7) is 15.6. The normalized spacial score (nSPS) is 5.63. The Labute approximate surface area is 128 Å². The molecule has 0 atom stereocenters. The van der Waals surface area contributed by atoms with E-state index < -0.39 is 0 Å². The molecule has 4 heteroatoms. The van der Waals surface area contributed by atoms with Crippen molar-refractivity contribution < 1.29 is 35.0 Å². The molecule has 19 heavy (non-hydrogen) atoms. The van der Waals surface area contributed by atoms with Crippen molar-refractivity contribution in [2.24, 2.45) is 0 Å². The molecular formula is C15H12O3W-2. The summed E-state index contributed by atoms with van der Waals surface area (Å²) in [6.07, 6.45) is 0. The molecule has 0 radical (unpaired) electrons. The summed E-state index contributed by atoms with van der Waals surface area (Å²) >= 11 is 0. The Kier molecular flexibility index (Phi) is 41.2. The van der Waals surface area contributed by atoms with Crippen LogP contribution in [0.5, 0.6) is 0 Å². The van der Waals surface area contributed by atoms with Gasteiger partial charge in [-0.15, -0.1) is 0 Å². The van der Waals surface area contributed by atoms with Gasteiger partial charge in [-0.25, -0.2) is 12.1 Å². The third kappa shape index (κ3) is 26.2. The zero-order valence-corrected chi connectivity index (χ0v) is 13.3. The number of hydrogen-bond donors (Lipinski definition) is 0. The smallest absolute Gasteiger partial charge is 0 e. The van der Waals surface area contributed by atoms with E-state index in [2.05, 4.69) is 32.9 Å². The summed E-state index contributed by atoms with van der Waals surface area (Å²) in [7, 11) is 0. The van der Waals surface area contributed by atoms with Crippen LogP contribution in [-0.4, -0.2) is 0 Å². The minimum absolute atomic E-state index is 0. The van der Waals surface area contributed by atoms with Gasteiger partial charge in [0, 0.05) is 21.1 Å². The van der Waals surface area contributed by atoms with Gasteiger partial charge in [-0.3, -0.25) is 0 Å². The van der Waals surface area contributed by atoms with Gasteiger partial charge in [-0.1, -0.05) is 6.92 Å². The van der Waals surface area contributed by atoms with Crippen LogP contribution in [0.25, 0.3) is 0 Å². The molecule has 0 aliphatic carbocycles. The van der Waals surface area contributed by atoms with Crippen molar-refractivity contribution in [2.75, 3.05) is 0 Å². The third-order valence-corrected chi connectivity index (χ3v) is 1.44. The topological polar surface area (TPSA) is 59.7 Å². The molecular weight excluding hydrogens is 412 g/mol. The van der Waals surface area contributed by atoms with Gasteiger partial charge in [0.15, 0.2) is 0 Å². The first-order valence-electron chi connectivity index (χ1n) is 4.60. The second kappa shape index (κ2) is 30.0. The van der Waals surface area contributed by atoms with E-state index >= 15 is 0 Å². The van der Waals surface area contributed by atoms with E-state index in [-0.39, 0.29) is 21.1 Å². The average Bonchev–Trinajstić information content (AvgIpc) is 3.06. The maximum atomic E-state index is 7.50. The van der Waals surface area contributed by atoms with Crippen molar-refractivity contribution in [3.05, 3.63) is 86.2 Å². The Morgan fingerprint density at radius 1 is 0.895 bits per heavy atom. The molecule has 0 aliphatic rings. The van der Waals surface area contributed by atoms with Gasteiger partial charge < -0.3 is 0 Å². The fraction of sp³-hybridized carbons (Fsp3) is 0.0667. The van der Waals surface area contributed by atoms with Crippen LogP contribution in [-0.2, 0) is 35.0 Å². The van der Waals surface area contributed by atoms with E-state index in [9.17, 15) is 0 Å². The van der Waals surface area contributed by atoms with Gasteiger partial charge in [-0.2, -0.15) is 54.1 Å². The minimum Gasteiger partial charge on any atom is -0.214 e. The zero-order valence-electron chi connectivity index (χ0n) is 10.3. The van der Waals surface area contributed by atoms with Crippen LogP contribution in [0, 0.1) is 32.9 Å². The molecule has 0 unspecified atom stereocenters. The van der Waals surface area contributed by atoms with Crippen LogP contribution in [0.1, 0.15) is 5.56 Å². The van der Waals surface area contributed by atoms with Gasteiger partial charge in [0.25, 0.3) is 0 Å². The molecule has 0 spiro atoms. The first-order valence-corrected chi connectivity index (χ1v) is 4.60. The van der Waals surface area contributed by atoms with E-state index in [1.165, 1.54) is 5.56 Å². The van der Waals surface area contributed by atoms with Crippen molar-refractivity contribution in [2.45, 2.75) is 6.92 Å². The summed E-state index contributed by atoms with van der Waals surface area (Å²) in [5.41, 5.74) is 1.29. The van der Waals surface area contributed by atoms with Gasteiger partial charge in [0.1, 0.15) is 0 Å². The van der Waals surface area contributed by atoms with Crippen LogP contribution in [0.2, 0.25) is 0 Å². The van der Waals surface area contributed by atoms with E-state index in [1.807, 2.05) is 54.6 Å². The van der Waals surface area contributed by atoms with Crippen molar-refractivity contribution in [3.8, 4) is 0 Å². The van der Waals surface area contributed by atoms with Crippen LogP contribution in [0.3, 0.4) is 0 Å². The molecule has 0 saturated carbocycles. The Bertz CT molecular complexity index is 357. The second-order valence-electron chi connectivity index (χ2n) is 2.54. The monoisotopic (exact) mass is 424 g/mol. The molecule has 0 aliphatic heterocycles. The van der Waals surface area contributed by atoms with Gasteiger partial charge in [0.2, 0.25) is 0 Å². The molecule has 0 heterocycles. The Morgan fingerprint density at radius 3 is 1.42 bits per heavy atom. The first kappa shape index (κ1) is 26.1. The molecule has 0 aromatic heterocycles. The van der Waals surface area contributed by atoms with Crippen LogP contribution in [0.4, 0.5) is 0 Å². The molecule has 2 rings (SSSR count). The number of rotatable bonds is 0. The predicted molar refractivity (Wildman–Crippen MR) is 63.8 cm³/mol. The fourth-order valence-corrected chi connectivity index (χ4v) is 0.791. The maximum Gasteiger partial charge on any atom is 0 e. The maximum absolute atomic E-state index is 7.50. The van der Waals surface area contributed by atoms with Crippen molar-refractivity contribution in [1.82, 2.24) is 0 Å². The molecule has 98 valence electrons. The molecule has 0 amide bonds. The van der Waals surface area contributed by atoms with Crippen molar-refractivity contribution in [3.63, 3.8) is 0 Å². The quantitative estimate of drug-likeness (QED) is 0.461. The average molecular weight is 424 g/mol. The SMILES string of the molecule is Cc1cc[c-]cc1.[C-]#[O+].[C-]#[O+].[C-]#[O+].[W].c1cc[cH-]c1. The fourth-order valence-electron chi connectivity index (χ4n) is 0.791. The van der Waals surface area contributed by atoms with E-state index in [0.717, 1.165) is 0 Å². The minimum atomic E-state index is 0. The summed E-state index contributed by atoms with van der Waals surface area (Å²) in [5.74, 6) is 0. The van der Waals surface area contributed by atoms with E-state index in [0.29, 0.717) is 0 Å². The Morgan fingerprint density at radius 2 is 1.26 bits per heavy atom. The molecule has 0 bridgehead atoms. The first-order chi connectivity index (χ1) is 8.89. The van der Waals surface area contributed by atoms with Gasteiger partial charge in [0.05, 0.1) is 0 Å². The molecule has 0 N–H and O–H groups in total. The van der Waals surface area contributed by atoms with Crippen molar-refractivity contribution >= 4 is 0 Å². The van der Waals surface area contributed by atoms with Crippen LogP contribution in [0.15, 0.2) is 54.6 Å². The Balaban J connectivity index is -0.0000000838. The Hall–Kier alpha value is -1.52. The molecule has 0 saturated heterocycles. The van der Waals surface area contributed by atoms with E-state index in [1.54, 1.807) is 0 Å². The summed E-state index contributed by atoms with van der Waals surface area (Å²) in [6, 6.07) is 20.8. The van der Waals surface area contributed by atoms with Gasteiger partial charge >= 0.3 is 33.9 Å². The summed E-state index contributed by atoms with van der Waals surface area (Å²) in [4.78, 5) is 0. The van der Waals surface area contributed by atoms with Crippen LogP contribution < -0.4 is 0 Å². The number of aryl methyl sites for hydroxylation is 1. The second-order valence-corrected chi connectivity index (χ2v) is 2.54. The number of benzene rings is 1. The van der Waals surface area contributed by atoms with E-state index in [4.69, 9.17) is 14.0 Å². The molecule has 0 fully saturated rings. The van der Waals surface area contributed by atoms with Crippen LogP contribution >= 0.6 is 0 Å². The zero-order chi connectivity index (χ0) is 14.6. The molecule has 2 aromatic carbocycles. The summed E-state index contributed by atoms with van der Waals surface area (Å²) < 4.78 is 22.5. The third-order valence-electron chi connectivity index (χ3n) is 1.44. The van der Waals surface area contributed by atoms with Crippen molar-refractivity contribution in [1.29, 1.82) is 0 Å².